The zero-order valence-electron chi connectivity index (χ0n) is 13.6. The Labute approximate surface area is 137 Å². The number of aryl methyl sites for hydroxylation is 2. The van der Waals surface area contributed by atoms with Crippen LogP contribution >= 0.6 is 0 Å². The summed E-state index contributed by atoms with van der Waals surface area (Å²) >= 11 is 0. The van der Waals surface area contributed by atoms with E-state index in [2.05, 4.69) is 36.5 Å². The number of nitrogens with one attached hydrogen (secondary N) is 1. The first-order valence-corrected chi connectivity index (χ1v) is 7.84. The summed E-state index contributed by atoms with van der Waals surface area (Å²) in [7, 11) is 0. The smallest absolute Gasteiger partial charge is 0.265 e. The standard InChI is InChI=1S/C19H22N2O2/c1-3-15-8-10-17(11-9-15)13-20-23-14-19(22)21-18-7-5-6-16(4-2)12-18/h5-13H,3-4,14H2,1-2H3,(H,21,22)/b20-13-. The van der Waals surface area contributed by atoms with E-state index >= 15 is 0 Å². The molecule has 0 bridgehead atoms. The second kappa shape index (κ2) is 8.73. The lowest BCUT2D eigenvalue weighted by Crippen LogP contribution is -2.17. The Bertz CT molecular complexity index is 663. The van der Waals surface area contributed by atoms with Crippen LogP contribution in [0.1, 0.15) is 30.5 Å². The topological polar surface area (TPSA) is 50.7 Å². The molecule has 0 aliphatic rings. The zero-order chi connectivity index (χ0) is 16.5. The first-order valence-electron chi connectivity index (χ1n) is 7.84. The van der Waals surface area contributed by atoms with Gasteiger partial charge in [-0.3, -0.25) is 4.79 Å². The quantitative estimate of drug-likeness (QED) is 0.624. The molecular weight excluding hydrogens is 288 g/mol. The molecule has 0 spiro atoms. The largest absolute Gasteiger partial charge is 0.386 e. The molecular formula is C19H22N2O2. The van der Waals surface area contributed by atoms with Crippen molar-refractivity contribution in [2.24, 2.45) is 5.16 Å². The molecule has 0 aromatic heterocycles. The number of anilines is 1. The molecule has 1 N–H and O–H groups in total. The highest BCUT2D eigenvalue weighted by Crippen LogP contribution is 2.10. The molecule has 0 heterocycles. The Morgan fingerprint density at radius 2 is 1.83 bits per heavy atom. The van der Waals surface area contributed by atoms with E-state index in [1.807, 2.05) is 36.4 Å². The van der Waals surface area contributed by atoms with E-state index in [0.717, 1.165) is 24.1 Å². The van der Waals surface area contributed by atoms with Crippen LogP contribution in [0.5, 0.6) is 0 Å². The number of carbonyl (C=O) groups excluding carboxylic acids is 1. The van der Waals surface area contributed by atoms with Crippen molar-refractivity contribution < 1.29 is 9.63 Å². The van der Waals surface area contributed by atoms with E-state index < -0.39 is 0 Å². The number of amides is 1. The van der Waals surface area contributed by atoms with Gasteiger partial charge in [-0.05, 0) is 41.7 Å². The zero-order valence-corrected chi connectivity index (χ0v) is 13.6. The van der Waals surface area contributed by atoms with Crippen LogP contribution in [-0.2, 0) is 22.5 Å². The number of nitrogens with zero attached hydrogens (tertiary/aromatic N) is 1. The lowest BCUT2D eigenvalue weighted by molar-refractivity contribution is -0.120. The van der Waals surface area contributed by atoms with Gasteiger partial charge in [0.2, 0.25) is 0 Å². The van der Waals surface area contributed by atoms with Crippen LogP contribution in [0.4, 0.5) is 5.69 Å². The molecule has 120 valence electrons. The number of carbonyl (C=O) groups is 1. The molecule has 1 amide bonds. The van der Waals surface area contributed by atoms with Crippen molar-refractivity contribution >= 4 is 17.8 Å². The molecule has 4 nitrogen and oxygen atoms in total. The third kappa shape index (κ3) is 5.58. The fraction of sp³-hybridized carbons (Fsp3) is 0.263. The third-order valence-electron chi connectivity index (χ3n) is 3.48. The summed E-state index contributed by atoms with van der Waals surface area (Å²) in [6.45, 7) is 4.08. The fourth-order valence-electron chi connectivity index (χ4n) is 2.10. The van der Waals surface area contributed by atoms with Gasteiger partial charge in [0, 0.05) is 5.69 Å². The van der Waals surface area contributed by atoms with E-state index in [0.29, 0.717) is 0 Å². The molecule has 0 fully saturated rings. The minimum Gasteiger partial charge on any atom is -0.386 e. The van der Waals surface area contributed by atoms with Crippen LogP contribution in [0.25, 0.3) is 0 Å². The summed E-state index contributed by atoms with van der Waals surface area (Å²) in [5.41, 5.74) is 4.17. The Morgan fingerprint density at radius 1 is 1.09 bits per heavy atom. The summed E-state index contributed by atoms with van der Waals surface area (Å²) in [5.74, 6) is -0.225. The van der Waals surface area contributed by atoms with E-state index in [1.165, 1.54) is 11.1 Å². The van der Waals surface area contributed by atoms with Gasteiger partial charge in [0.15, 0.2) is 6.61 Å². The van der Waals surface area contributed by atoms with Crippen molar-refractivity contribution in [3.05, 3.63) is 65.2 Å². The summed E-state index contributed by atoms with van der Waals surface area (Å²) in [5, 5.41) is 6.62. The molecule has 0 aliphatic heterocycles. The average Bonchev–Trinajstić information content (AvgIpc) is 2.59. The van der Waals surface area contributed by atoms with Crippen LogP contribution in [0.15, 0.2) is 53.7 Å². The number of hydrogen-bond acceptors (Lipinski definition) is 3. The van der Waals surface area contributed by atoms with Crippen molar-refractivity contribution in [1.82, 2.24) is 0 Å². The minimum atomic E-state index is -0.225. The maximum atomic E-state index is 11.8. The van der Waals surface area contributed by atoms with Crippen LogP contribution in [0, 0.1) is 0 Å². The molecule has 0 saturated carbocycles. The van der Waals surface area contributed by atoms with Crippen LogP contribution in [0.2, 0.25) is 0 Å². The number of oxime groups is 1. The van der Waals surface area contributed by atoms with Crippen LogP contribution in [-0.4, -0.2) is 18.7 Å². The predicted octanol–water partition coefficient (Wildman–Crippen LogP) is 3.80. The normalized spacial score (nSPS) is 10.7. The highest BCUT2D eigenvalue weighted by molar-refractivity contribution is 5.91. The lowest BCUT2D eigenvalue weighted by atomic mass is 10.1. The van der Waals surface area contributed by atoms with Gasteiger partial charge in [-0.2, -0.15) is 0 Å². The molecule has 4 heteroatoms. The maximum absolute atomic E-state index is 11.8. The van der Waals surface area contributed by atoms with Gasteiger partial charge in [0.05, 0.1) is 6.21 Å². The molecule has 0 saturated heterocycles. The molecule has 23 heavy (non-hydrogen) atoms. The Balaban J connectivity index is 1.78. The molecule has 0 unspecified atom stereocenters. The second-order valence-corrected chi connectivity index (χ2v) is 5.21. The number of rotatable bonds is 7. The molecule has 2 aromatic carbocycles. The first-order chi connectivity index (χ1) is 11.2. The van der Waals surface area contributed by atoms with Crippen molar-refractivity contribution in [3.8, 4) is 0 Å². The summed E-state index contributed by atoms with van der Waals surface area (Å²) in [6.07, 6.45) is 3.54. The first kappa shape index (κ1) is 16.7. The number of benzene rings is 2. The van der Waals surface area contributed by atoms with Gasteiger partial charge in [-0.1, -0.05) is 55.4 Å². The SMILES string of the molecule is CCc1ccc(/C=N\OCC(=O)Nc2cccc(CC)c2)cc1. The van der Waals surface area contributed by atoms with Gasteiger partial charge >= 0.3 is 0 Å². The molecule has 2 aromatic rings. The minimum absolute atomic E-state index is 0.111. The van der Waals surface area contributed by atoms with Gasteiger partial charge in [0.25, 0.3) is 5.91 Å². The second-order valence-electron chi connectivity index (χ2n) is 5.21. The maximum Gasteiger partial charge on any atom is 0.265 e. The molecule has 0 atom stereocenters. The molecule has 2 rings (SSSR count). The van der Waals surface area contributed by atoms with Crippen molar-refractivity contribution in [1.29, 1.82) is 0 Å². The lowest BCUT2D eigenvalue weighted by Gasteiger charge is -2.05. The summed E-state index contributed by atoms with van der Waals surface area (Å²) < 4.78 is 0. The molecule has 0 radical (unpaired) electrons. The van der Waals surface area contributed by atoms with E-state index in [4.69, 9.17) is 4.84 Å². The van der Waals surface area contributed by atoms with Gasteiger partial charge in [-0.15, -0.1) is 0 Å². The highest BCUT2D eigenvalue weighted by atomic mass is 16.6. The van der Waals surface area contributed by atoms with Gasteiger partial charge in [-0.25, -0.2) is 0 Å². The average molecular weight is 310 g/mol. The van der Waals surface area contributed by atoms with Crippen molar-refractivity contribution in [2.75, 3.05) is 11.9 Å². The van der Waals surface area contributed by atoms with E-state index in [9.17, 15) is 4.79 Å². The van der Waals surface area contributed by atoms with Crippen molar-refractivity contribution in [2.45, 2.75) is 26.7 Å². The Kier molecular flexibility index (Phi) is 6.36. The van der Waals surface area contributed by atoms with Crippen LogP contribution in [0.3, 0.4) is 0 Å². The van der Waals surface area contributed by atoms with Crippen LogP contribution < -0.4 is 5.32 Å². The van der Waals surface area contributed by atoms with E-state index in [1.54, 1.807) is 6.21 Å². The Morgan fingerprint density at radius 3 is 2.52 bits per heavy atom. The van der Waals surface area contributed by atoms with Gasteiger partial charge < -0.3 is 10.2 Å². The van der Waals surface area contributed by atoms with Crippen molar-refractivity contribution in [3.63, 3.8) is 0 Å². The molecule has 0 aliphatic carbocycles. The Hall–Kier alpha value is -2.62. The fourth-order valence-corrected chi connectivity index (χ4v) is 2.10. The van der Waals surface area contributed by atoms with E-state index in [-0.39, 0.29) is 12.5 Å². The predicted molar refractivity (Wildman–Crippen MR) is 93.8 cm³/mol. The highest BCUT2D eigenvalue weighted by Gasteiger charge is 2.02. The monoisotopic (exact) mass is 310 g/mol. The van der Waals surface area contributed by atoms with Gasteiger partial charge in [0.1, 0.15) is 0 Å². The summed E-state index contributed by atoms with van der Waals surface area (Å²) in [4.78, 5) is 16.8. The third-order valence-corrected chi connectivity index (χ3v) is 3.48. The summed E-state index contributed by atoms with van der Waals surface area (Å²) in [6, 6.07) is 15.8. The number of hydrogen-bond donors (Lipinski definition) is 1.